The van der Waals surface area contributed by atoms with E-state index in [2.05, 4.69) is 71.3 Å². The summed E-state index contributed by atoms with van der Waals surface area (Å²) in [6.07, 6.45) is 9.81. The normalized spacial score (nSPS) is 18.4. The number of aliphatic hydroxyl groups is 1. The van der Waals surface area contributed by atoms with Crippen LogP contribution in [0.15, 0.2) is 60.7 Å². The minimum absolute atomic E-state index is 0.117. The van der Waals surface area contributed by atoms with E-state index in [1.54, 1.807) is 7.11 Å². The molecular formula is C30H36N4O2. The van der Waals surface area contributed by atoms with E-state index in [0.717, 1.165) is 71.9 Å². The summed E-state index contributed by atoms with van der Waals surface area (Å²) in [7, 11) is 3.76. The van der Waals surface area contributed by atoms with Crippen molar-refractivity contribution in [3.8, 4) is 5.75 Å². The number of piperidine rings is 1. The Bertz CT molecular complexity index is 1280. The quantitative estimate of drug-likeness (QED) is 0.483. The van der Waals surface area contributed by atoms with Crippen molar-refractivity contribution >= 4 is 28.0 Å². The minimum atomic E-state index is 0.117. The van der Waals surface area contributed by atoms with Gasteiger partial charge in [-0.2, -0.15) is 0 Å². The molecule has 2 heterocycles. The molecule has 1 fully saturated rings. The predicted molar refractivity (Wildman–Crippen MR) is 148 cm³/mol. The summed E-state index contributed by atoms with van der Waals surface area (Å²) < 4.78 is 5.65. The molecule has 1 atom stereocenters. The number of anilines is 2. The van der Waals surface area contributed by atoms with Crippen LogP contribution >= 0.6 is 0 Å². The molecule has 1 unspecified atom stereocenters. The number of ether oxygens (including phenoxy) is 1. The van der Waals surface area contributed by atoms with Gasteiger partial charge in [-0.1, -0.05) is 43.4 Å². The van der Waals surface area contributed by atoms with Crippen LogP contribution in [-0.2, 0) is 0 Å². The summed E-state index contributed by atoms with van der Waals surface area (Å²) in [6, 6.07) is 14.7. The molecule has 0 radical (unpaired) electrons. The van der Waals surface area contributed by atoms with E-state index in [1.807, 2.05) is 13.1 Å². The number of nitrogens with zero attached hydrogens (tertiary/aromatic N) is 4. The van der Waals surface area contributed by atoms with E-state index >= 15 is 0 Å². The fraction of sp³-hybridized carbons (Fsp3) is 0.400. The number of allylic oxidation sites excluding steroid dienone is 4. The second-order valence-electron chi connectivity index (χ2n) is 9.96. The number of likely N-dealkylation sites (N-methyl/N-ethyl adjacent to an activating group) is 1. The molecule has 1 N–H and O–H groups in total. The van der Waals surface area contributed by atoms with Gasteiger partial charge in [0.25, 0.3) is 0 Å². The third-order valence-electron chi connectivity index (χ3n) is 7.44. The summed E-state index contributed by atoms with van der Waals surface area (Å²) in [5.74, 6) is 3.73. The lowest BCUT2D eigenvalue weighted by Crippen LogP contribution is -2.34. The minimum Gasteiger partial charge on any atom is -0.496 e. The van der Waals surface area contributed by atoms with Crippen LogP contribution in [0.4, 0.5) is 11.5 Å². The number of fused-ring (bicyclic) bond motifs is 1. The Balaban J connectivity index is 1.51. The number of para-hydroxylation sites is 1. The van der Waals surface area contributed by atoms with E-state index in [9.17, 15) is 5.11 Å². The highest BCUT2D eigenvalue weighted by atomic mass is 16.5. The van der Waals surface area contributed by atoms with Crippen LogP contribution in [0.5, 0.6) is 5.75 Å². The van der Waals surface area contributed by atoms with Crippen molar-refractivity contribution in [1.82, 2.24) is 9.97 Å². The summed E-state index contributed by atoms with van der Waals surface area (Å²) in [6.45, 7) is 4.79. The first-order chi connectivity index (χ1) is 17.6. The second kappa shape index (κ2) is 10.7. The molecule has 1 aliphatic carbocycles. The van der Waals surface area contributed by atoms with Gasteiger partial charge in [-0.15, -0.1) is 0 Å². The highest BCUT2D eigenvalue weighted by Gasteiger charge is 2.26. The number of hydrogen-bond donors (Lipinski definition) is 1. The van der Waals surface area contributed by atoms with Crippen molar-refractivity contribution in [2.24, 2.45) is 5.92 Å². The Morgan fingerprint density at radius 2 is 1.92 bits per heavy atom. The fourth-order valence-electron chi connectivity index (χ4n) is 5.38. The summed E-state index contributed by atoms with van der Waals surface area (Å²) in [5.41, 5.74) is 4.41. The van der Waals surface area contributed by atoms with Crippen molar-refractivity contribution in [2.75, 3.05) is 50.2 Å². The molecule has 2 aromatic carbocycles. The lowest BCUT2D eigenvalue weighted by atomic mass is 9.88. The van der Waals surface area contributed by atoms with E-state index in [0.29, 0.717) is 18.4 Å². The number of methoxy groups -OCH3 is 1. The van der Waals surface area contributed by atoms with Crippen molar-refractivity contribution in [3.63, 3.8) is 0 Å². The summed E-state index contributed by atoms with van der Waals surface area (Å²) >= 11 is 0. The van der Waals surface area contributed by atoms with Crippen molar-refractivity contribution in [2.45, 2.75) is 32.1 Å². The lowest BCUT2D eigenvalue weighted by Gasteiger charge is -2.34. The Hall–Kier alpha value is -3.38. The summed E-state index contributed by atoms with van der Waals surface area (Å²) in [5, 5.41) is 10.5. The number of aromatic nitrogens is 2. The van der Waals surface area contributed by atoms with Gasteiger partial charge in [-0.25, -0.2) is 9.97 Å². The van der Waals surface area contributed by atoms with Gasteiger partial charge < -0.3 is 19.6 Å². The zero-order valence-corrected chi connectivity index (χ0v) is 21.5. The lowest BCUT2D eigenvalue weighted by molar-refractivity contribution is 0.304. The van der Waals surface area contributed by atoms with Gasteiger partial charge in [0.1, 0.15) is 11.6 Å². The molecule has 36 heavy (non-hydrogen) atoms. The molecule has 0 amide bonds. The number of rotatable bonds is 7. The second-order valence-corrected chi connectivity index (χ2v) is 9.96. The smallest absolute Gasteiger partial charge is 0.161 e. The van der Waals surface area contributed by atoms with Crippen molar-refractivity contribution < 1.29 is 9.84 Å². The average molecular weight is 485 g/mol. The van der Waals surface area contributed by atoms with Crippen LogP contribution in [0.2, 0.25) is 0 Å². The predicted octanol–water partition coefficient (Wildman–Crippen LogP) is 5.43. The number of aliphatic hydroxyl groups excluding tert-OH is 1. The third-order valence-corrected chi connectivity index (χ3v) is 7.44. The van der Waals surface area contributed by atoms with E-state index in [4.69, 9.17) is 14.7 Å². The first-order valence-corrected chi connectivity index (χ1v) is 13.0. The average Bonchev–Trinajstić information content (AvgIpc) is 2.92. The van der Waals surface area contributed by atoms with E-state index in [1.165, 1.54) is 5.56 Å². The molecule has 0 bridgehead atoms. The molecule has 1 aromatic heterocycles. The zero-order valence-electron chi connectivity index (χ0n) is 21.5. The highest BCUT2D eigenvalue weighted by molar-refractivity contribution is 5.93. The first kappa shape index (κ1) is 24.3. The molecule has 188 valence electrons. The standard InChI is InChI=1S/C30H36N4O2/c1-21-7-6-8-23(19-21)29-31-27-12-11-24(33(2)17-18-35)20-26(27)30(32-29)34-15-13-22(14-16-34)25-9-4-5-10-28(25)36-3/h4-6,8-12,19-22,35H,7,13-18H2,1-3H3. The monoisotopic (exact) mass is 484 g/mol. The SMILES string of the molecule is COc1ccccc1C1CCN(c2nc(C3=CC(C)CC=C3)nc3ccc(N(C)CCO)cc23)CC1. The maximum atomic E-state index is 9.43. The molecule has 2 aliphatic rings. The maximum Gasteiger partial charge on any atom is 0.161 e. The van der Waals surface area contributed by atoms with Crippen LogP contribution in [0.1, 0.15) is 43.5 Å². The van der Waals surface area contributed by atoms with E-state index in [-0.39, 0.29) is 6.61 Å². The molecule has 0 spiro atoms. The van der Waals surface area contributed by atoms with Gasteiger partial charge in [-0.05, 0) is 60.9 Å². The molecule has 5 rings (SSSR count). The Morgan fingerprint density at radius 3 is 2.67 bits per heavy atom. The highest BCUT2D eigenvalue weighted by Crippen LogP contribution is 2.37. The van der Waals surface area contributed by atoms with E-state index < -0.39 is 0 Å². The first-order valence-electron chi connectivity index (χ1n) is 13.0. The van der Waals surface area contributed by atoms with Crippen LogP contribution < -0.4 is 14.5 Å². The molecule has 6 nitrogen and oxygen atoms in total. The van der Waals surface area contributed by atoms with Gasteiger partial charge in [0.2, 0.25) is 0 Å². The molecule has 1 aliphatic heterocycles. The molecule has 1 saturated heterocycles. The van der Waals surface area contributed by atoms with Gasteiger partial charge in [0.05, 0.1) is 19.2 Å². The van der Waals surface area contributed by atoms with Crippen LogP contribution in [-0.4, -0.2) is 55.5 Å². The Labute approximate surface area is 213 Å². The van der Waals surface area contributed by atoms with Crippen molar-refractivity contribution in [1.29, 1.82) is 0 Å². The van der Waals surface area contributed by atoms with Crippen LogP contribution in [0.25, 0.3) is 16.5 Å². The van der Waals surface area contributed by atoms with Gasteiger partial charge >= 0.3 is 0 Å². The molecule has 6 heteroatoms. The number of hydrogen-bond acceptors (Lipinski definition) is 6. The fourth-order valence-corrected chi connectivity index (χ4v) is 5.38. The number of benzene rings is 2. The largest absolute Gasteiger partial charge is 0.496 e. The Morgan fingerprint density at radius 1 is 1.11 bits per heavy atom. The zero-order chi connectivity index (χ0) is 25.1. The Kier molecular flexibility index (Phi) is 7.23. The summed E-state index contributed by atoms with van der Waals surface area (Å²) in [4.78, 5) is 14.6. The molecule has 0 saturated carbocycles. The third kappa shape index (κ3) is 4.96. The molecular weight excluding hydrogens is 448 g/mol. The topological polar surface area (TPSA) is 61.7 Å². The maximum absolute atomic E-state index is 9.43. The van der Waals surface area contributed by atoms with Crippen molar-refractivity contribution in [3.05, 3.63) is 72.1 Å². The molecule has 3 aromatic rings. The van der Waals surface area contributed by atoms with Gasteiger partial charge in [0.15, 0.2) is 5.82 Å². The van der Waals surface area contributed by atoms with Crippen LogP contribution in [0, 0.1) is 5.92 Å². The van der Waals surface area contributed by atoms with Gasteiger partial charge in [-0.3, -0.25) is 0 Å². The van der Waals surface area contributed by atoms with Crippen LogP contribution in [0.3, 0.4) is 0 Å². The van der Waals surface area contributed by atoms with Gasteiger partial charge in [0, 0.05) is 43.3 Å².